The summed E-state index contributed by atoms with van der Waals surface area (Å²) < 4.78 is 0.986. The van der Waals surface area contributed by atoms with Crippen molar-refractivity contribution in [2.75, 3.05) is 11.4 Å². The molecule has 4 rings (SSSR count). The average Bonchev–Trinajstić information content (AvgIpc) is 3.24. The van der Waals surface area contributed by atoms with Crippen LogP contribution in [-0.4, -0.2) is 39.1 Å². The van der Waals surface area contributed by atoms with Gasteiger partial charge in [0.25, 0.3) is 0 Å². The molecule has 3 amide bonds. The molecule has 0 bridgehead atoms. The maximum Gasteiger partial charge on any atom is 0.249 e. The van der Waals surface area contributed by atoms with Gasteiger partial charge >= 0.3 is 0 Å². The van der Waals surface area contributed by atoms with Gasteiger partial charge in [-0.2, -0.15) is 0 Å². The van der Waals surface area contributed by atoms with E-state index in [1.807, 2.05) is 26.0 Å². The average molecular weight is 408 g/mol. The highest BCUT2D eigenvalue weighted by atomic mass is 32.1. The van der Waals surface area contributed by atoms with Gasteiger partial charge in [0.1, 0.15) is 6.54 Å². The van der Waals surface area contributed by atoms with E-state index >= 15 is 0 Å². The predicted molar refractivity (Wildman–Crippen MR) is 110 cm³/mol. The molecular weight excluding hydrogens is 388 g/mol. The van der Waals surface area contributed by atoms with Crippen molar-refractivity contribution in [3.05, 3.63) is 53.3 Å². The first kappa shape index (κ1) is 19.2. The molecule has 1 fully saturated rings. The quantitative estimate of drug-likeness (QED) is 0.606. The highest BCUT2D eigenvalue weighted by Crippen LogP contribution is 2.32. The number of pyridine rings is 1. The SMILES string of the molecule is Cc1cc2nc(N(Cc3cccnc3)C(=O)CN3C(=O)CCC3=O)sc2cc1C. The Hall–Kier alpha value is -3.13. The number of imide groups is 1. The summed E-state index contributed by atoms with van der Waals surface area (Å²) in [7, 11) is 0. The van der Waals surface area contributed by atoms with E-state index < -0.39 is 0 Å². The summed E-state index contributed by atoms with van der Waals surface area (Å²) in [6.45, 7) is 4.06. The Morgan fingerprint density at radius 2 is 1.90 bits per heavy atom. The third-order valence-corrected chi connectivity index (χ3v) is 6.08. The second-order valence-electron chi connectivity index (χ2n) is 7.12. The Bertz CT molecular complexity index is 1050. The number of thiazole rings is 1. The lowest BCUT2D eigenvalue weighted by Crippen LogP contribution is -2.42. The van der Waals surface area contributed by atoms with Crippen LogP contribution in [0, 0.1) is 13.8 Å². The minimum atomic E-state index is -0.343. The van der Waals surface area contributed by atoms with Gasteiger partial charge in [-0.25, -0.2) is 4.98 Å². The van der Waals surface area contributed by atoms with E-state index in [2.05, 4.69) is 16.0 Å². The number of benzene rings is 1. The summed E-state index contributed by atoms with van der Waals surface area (Å²) in [5, 5.41) is 0.540. The lowest BCUT2D eigenvalue weighted by Gasteiger charge is -2.22. The van der Waals surface area contributed by atoms with Crippen LogP contribution in [0.1, 0.15) is 29.5 Å². The number of rotatable bonds is 5. The summed E-state index contributed by atoms with van der Waals surface area (Å²) in [5.41, 5.74) is 3.95. The number of aryl methyl sites for hydroxylation is 2. The summed E-state index contributed by atoms with van der Waals surface area (Å²) in [6.07, 6.45) is 3.68. The lowest BCUT2D eigenvalue weighted by atomic mass is 10.1. The summed E-state index contributed by atoms with van der Waals surface area (Å²) in [6, 6.07) is 7.74. The number of hydrogen-bond acceptors (Lipinski definition) is 6. The van der Waals surface area contributed by atoms with Gasteiger partial charge < -0.3 is 0 Å². The maximum absolute atomic E-state index is 13.1. The molecule has 0 spiro atoms. The molecule has 0 radical (unpaired) electrons. The molecular formula is C21H20N4O3S. The second kappa shape index (κ2) is 7.71. The van der Waals surface area contributed by atoms with Crippen LogP contribution in [0.5, 0.6) is 0 Å². The first-order chi connectivity index (χ1) is 13.9. The lowest BCUT2D eigenvalue weighted by molar-refractivity contribution is -0.141. The van der Waals surface area contributed by atoms with E-state index in [4.69, 9.17) is 0 Å². The van der Waals surface area contributed by atoms with Crippen molar-refractivity contribution < 1.29 is 14.4 Å². The van der Waals surface area contributed by atoms with E-state index in [0.717, 1.165) is 31.8 Å². The molecule has 3 heterocycles. The molecule has 0 N–H and O–H groups in total. The van der Waals surface area contributed by atoms with Crippen LogP contribution in [0.25, 0.3) is 10.2 Å². The molecule has 148 valence electrons. The Morgan fingerprint density at radius 1 is 1.17 bits per heavy atom. The molecule has 2 aromatic heterocycles. The minimum absolute atomic E-state index is 0.161. The molecule has 1 saturated heterocycles. The van der Waals surface area contributed by atoms with E-state index in [1.165, 1.54) is 16.2 Å². The number of carbonyl (C=O) groups excluding carboxylic acids is 3. The van der Waals surface area contributed by atoms with Gasteiger partial charge in [-0.1, -0.05) is 17.4 Å². The number of nitrogens with zero attached hydrogens (tertiary/aromatic N) is 4. The Kier molecular flexibility index (Phi) is 5.10. The van der Waals surface area contributed by atoms with E-state index in [9.17, 15) is 14.4 Å². The van der Waals surface area contributed by atoms with Crippen LogP contribution in [-0.2, 0) is 20.9 Å². The van der Waals surface area contributed by atoms with Gasteiger partial charge in [-0.3, -0.25) is 29.2 Å². The molecule has 1 aromatic carbocycles. The van der Waals surface area contributed by atoms with Crippen LogP contribution in [0.4, 0.5) is 5.13 Å². The van der Waals surface area contributed by atoms with Crippen molar-refractivity contribution in [1.82, 2.24) is 14.9 Å². The fourth-order valence-corrected chi connectivity index (χ4v) is 4.30. The van der Waals surface area contributed by atoms with Gasteiger partial charge in [0.15, 0.2) is 5.13 Å². The van der Waals surface area contributed by atoms with Crippen molar-refractivity contribution >= 4 is 44.4 Å². The molecule has 1 aliphatic rings. The summed E-state index contributed by atoms with van der Waals surface area (Å²) in [4.78, 5) is 48.4. The van der Waals surface area contributed by atoms with Crippen LogP contribution in [0.15, 0.2) is 36.7 Å². The van der Waals surface area contributed by atoms with Crippen LogP contribution < -0.4 is 4.90 Å². The van der Waals surface area contributed by atoms with Crippen LogP contribution >= 0.6 is 11.3 Å². The minimum Gasteiger partial charge on any atom is -0.282 e. The van der Waals surface area contributed by atoms with Gasteiger partial charge in [-0.05, 0) is 48.7 Å². The maximum atomic E-state index is 13.1. The fourth-order valence-electron chi connectivity index (χ4n) is 3.24. The second-order valence-corrected chi connectivity index (χ2v) is 8.12. The molecule has 0 saturated carbocycles. The third-order valence-electron chi connectivity index (χ3n) is 5.04. The number of amides is 3. The van der Waals surface area contributed by atoms with Gasteiger partial charge in [0, 0.05) is 25.2 Å². The number of fused-ring (bicyclic) bond motifs is 1. The van der Waals surface area contributed by atoms with E-state index in [0.29, 0.717) is 5.13 Å². The van der Waals surface area contributed by atoms with Crippen molar-refractivity contribution in [2.45, 2.75) is 33.2 Å². The Morgan fingerprint density at radius 3 is 2.59 bits per heavy atom. The fraction of sp³-hybridized carbons (Fsp3) is 0.286. The Labute approximate surface area is 172 Å². The number of hydrogen-bond donors (Lipinski definition) is 0. The molecule has 0 aliphatic carbocycles. The topological polar surface area (TPSA) is 83.5 Å². The molecule has 29 heavy (non-hydrogen) atoms. The van der Waals surface area contributed by atoms with Crippen molar-refractivity contribution in [1.29, 1.82) is 0 Å². The van der Waals surface area contributed by atoms with E-state index in [1.54, 1.807) is 18.5 Å². The Balaban J connectivity index is 1.69. The monoisotopic (exact) mass is 408 g/mol. The normalized spacial score (nSPS) is 14.1. The number of anilines is 1. The largest absolute Gasteiger partial charge is 0.282 e. The third kappa shape index (κ3) is 3.88. The summed E-state index contributed by atoms with van der Waals surface area (Å²) >= 11 is 1.42. The van der Waals surface area contributed by atoms with Gasteiger partial charge in [0.2, 0.25) is 17.7 Å². The molecule has 8 heteroatoms. The molecule has 3 aromatic rings. The first-order valence-electron chi connectivity index (χ1n) is 9.32. The zero-order chi connectivity index (χ0) is 20.5. The predicted octanol–water partition coefficient (Wildman–Crippen LogP) is 2.99. The standard InChI is InChI=1S/C21H20N4O3S/c1-13-8-16-17(9-14(13)2)29-21(23-16)25(11-15-4-3-7-22-10-15)20(28)12-24-18(26)5-6-19(24)27/h3-4,7-10H,5-6,11-12H2,1-2H3. The highest BCUT2D eigenvalue weighted by molar-refractivity contribution is 7.22. The van der Waals surface area contributed by atoms with Crippen LogP contribution in [0.2, 0.25) is 0 Å². The smallest absolute Gasteiger partial charge is 0.249 e. The van der Waals surface area contributed by atoms with Crippen molar-refractivity contribution in [2.24, 2.45) is 0 Å². The number of aromatic nitrogens is 2. The summed E-state index contributed by atoms with van der Waals surface area (Å²) in [5.74, 6) is -0.953. The molecule has 0 unspecified atom stereocenters. The van der Waals surface area contributed by atoms with Crippen molar-refractivity contribution in [3.63, 3.8) is 0 Å². The first-order valence-corrected chi connectivity index (χ1v) is 10.1. The zero-order valence-electron chi connectivity index (χ0n) is 16.2. The molecule has 7 nitrogen and oxygen atoms in total. The highest BCUT2D eigenvalue weighted by Gasteiger charge is 2.32. The van der Waals surface area contributed by atoms with Crippen LogP contribution in [0.3, 0.4) is 0 Å². The van der Waals surface area contributed by atoms with Gasteiger partial charge in [0.05, 0.1) is 16.8 Å². The van der Waals surface area contributed by atoms with E-state index in [-0.39, 0.29) is 43.7 Å². The number of carbonyl (C=O) groups is 3. The van der Waals surface area contributed by atoms with Gasteiger partial charge in [-0.15, -0.1) is 0 Å². The molecule has 1 aliphatic heterocycles. The number of likely N-dealkylation sites (tertiary alicyclic amines) is 1. The molecule has 0 atom stereocenters. The zero-order valence-corrected chi connectivity index (χ0v) is 17.0. The van der Waals surface area contributed by atoms with Crippen molar-refractivity contribution in [3.8, 4) is 0 Å².